The molecule has 1 rings (SSSR count). The Kier molecular flexibility index (Phi) is 3.00. The smallest absolute Gasteiger partial charge is 0.295 e. The monoisotopic (exact) mass is 215 g/mol. The Morgan fingerprint density at radius 1 is 1.36 bits per heavy atom. The van der Waals surface area contributed by atoms with E-state index < -0.39 is 20.8 Å². The van der Waals surface area contributed by atoms with E-state index in [0.717, 1.165) is 6.07 Å². The van der Waals surface area contributed by atoms with Gasteiger partial charge in [0.15, 0.2) is 5.78 Å². The van der Waals surface area contributed by atoms with Crippen molar-refractivity contribution in [3.63, 3.8) is 0 Å². The maximum absolute atomic E-state index is 11.2. The summed E-state index contributed by atoms with van der Waals surface area (Å²) in [6, 6.07) is 5.37. The van der Waals surface area contributed by atoms with E-state index in [-0.39, 0.29) is 12.1 Å². The Labute approximate surface area is 81.3 Å². The van der Waals surface area contributed by atoms with Crippen molar-refractivity contribution in [3.8, 4) is 0 Å². The lowest BCUT2D eigenvalue weighted by molar-refractivity contribution is 0.0998. The lowest BCUT2D eigenvalue weighted by Crippen LogP contribution is -2.16. The van der Waals surface area contributed by atoms with E-state index in [4.69, 9.17) is 10.3 Å². The van der Waals surface area contributed by atoms with Gasteiger partial charge in [-0.3, -0.25) is 9.35 Å². The van der Waals surface area contributed by atoms with E-state index >= 15 is 0 Å². The summed E-state index contributed by atoms with van der Waals surface area (Å²) < 4.78 is 30.5. The van der Waals surface area contributed by atoms with Gasteiger partial charge in [-0.05, 0) is 12.1 Å². The van der Waals surface area contributed by atoms with Gasteiger partial charge in [-0.1, -0.05) is 12.1 Å². The molecule has 14 heavy (non-hydrogen) atoms. The Bertz CT molecular complexity index is 452. The number of benzene rings is 1. The van der Waals surface area contributed by atoms with Crippen LogP contribution in [0, 0.1) is 0 Å². The molecule has 1 aromatic rings. The molecule has 0 aromatic heterocycles. The summed E-state index contributed by atoms with van der Waals surface area (Å²) in [5, 5.41) is 0. The van der Waals surface area contributed by atoms with Crippen molar-refractivity contribution in [2.75, 3.05) is 6.54 Å². The van der Waals surface area contributed by atoms with Gasteiger partial charge in [0, 0.05) is 5.56 Å². The lowest BCUT2D eigenvalue weighted by atomic mass is 10.1. The highest BCUT2D eigenvalue weighted by Gasteiger charge is 2.18. The molecule has 0 aliphatic rings. The van der Waals surface area contributed by atoms with E-state index in [9.17, 15) is 13.2 Å². The topological polar surface area (TPSA) is 97.5 Å². The number of ketones is 1. The predicted octanol–water partition coefficient (Wildman–Crippen LogP) is 0.0747. The molecule has 0 atom stereocenters. The first-order chi connectivity index (χ1) is 6.46. The highest BCUT2D eigenvalue weighted by molar-refractivity contribution is 7.86. The largest absolute Gasteiger partial charge is 0.324 e. The van der Waals surface area contributed by atoms with Gasteiger partial charge in [0.1, 0.15) is 4.90 Å². The van der Waals surface area contributed by atoms with Crippen LogP contribution in [0.2, 0.25) is 0 Å². The molecule has 76 valence electrons. The van der Waals surface area contributed by atoms with Crippen LogP contribution >= 0.6 is 0 Å². The first-order valence-corrected chi connectivity index (χ1v) is 5.20. The molecule has 0 heterocycles. The second-order valence-corrected chi connectivity index (χ2v) is 3.99. The van der Waals surface area contributed by atoms with Crippen molar-refractivity contribution >= 4 is 15.9 Å². The van der Waals surface area contributed by atoms with Crippen LogP contribution in [0.1, 0.15) is 10.4 Å². The van der Waals surface area contributed by atoms with E-state index in [2.05, 4.69) is 0 Å². The highest BCUT2D eigenvalue weighted by atomic mass is 32.2. The van der Waals surface area contributed by atoms with Crippen LogP contribution in [0.15, 0.2) is 29.2 Å². The maximum Gasteiger partial charge on any atom is 0.295 e. The zero-order valence-electron chi connectivity index (χ0n) is 7.17. The zero-order chi connectivity index (χ0) is 10.8. The lowest BCUT2D eigenvalue weighted by Gasteiger charge is -2.03. The standard InChI is InChI=1S/C8H9NO4S/c9-5-7(10)6-3-1-2-4-8(6)14(11,12)13/h1-4H,5,9H2,(H,11,12,13). The molecular weight excluding hydrogens is 206 g/mol. The van der Waals surface area contributed by atoms with E-state index in [1.54, 1.807) is 0 Å². The molecule has 0 radical (unpaired) electrons. The average Bonchev–Trinajstić information content (AvgIpc) is 2.15. The number of carbonyl (C=O) groups is 1. The summed E-state index contributed by atoms with van der Waals surface area (Å²) in [6.07, 6.45) is 0. The number of hydrogen-bond donors (Lipinski definition) is 2. The van der Waals surface area contributed by atoms with Crippen molar-refractivity contribution in [2.45, 2.75) is 4.90 Å². The van der Waals surface area contributed by atoms with Gasteiger partial charge in [-0.15, -0.1) is 0 Å². The van der Waals surface area contributed by atoms with Crippen LogP contribution in [-0.4, -0.2) is 25.3 Å². The van der Waals surface area contributed by atoms with Crippen molar-refractivity contribution in [1.82, 2.24) is 0 Å². The molecular formula is C8H9NO4S. The summed E-state index contributed by atoms with van der Waals surface area (Å²) in [4.78, 5) is 10.8. The fourth-order valence-electron chi connectivity index (χ4n) is 1.03. The highest BCUT2D eigenvalue weighted by Crippen LogP contribution is 2.14. The molecule has 0 unspecified atom stereocenters. The third-order valence-electron chi connectivity index (χ3n) is 1.65. The Balaban J connectivity index is 3.38. The quantitative estimate of drug-likeness (QED) is 0.549. The summed E-state index contributed by atoms with van der Waals surface area (Å²) in [7, 11) is -4.36. The molecule has 0 fully saturated rings. The fraction of sp³-hybridized carbons (Fsp3) is 0.125. The molecule has 1 aromatic carbocycles. The molecule has 0 saturated heterocycles. The van der Waals surface area contributed by atoms with Crippen LogP contribution in [0.5, 0.6) is 0 Å². The van der Waals surface area contributed by atoms with Gasteiger partial charge in [0.25, 0.3) is 10.1 Å². The molecule has 5 nitrogen and oxygen atoms in total. The molecule has 0 aliphatic carbocycles. The molecule has 0 bridgehead atoms. The first-order valence-electron chi connectivity index (χ1n) is 3.76. The Hall–Kier alpha value is -1.24. The third-order valence-corrected chi connectivity index (χ3v) is 2.56. The van der Waals surface area contributed by atoms with Crippen molar-refractivity contribution < 1.29 is 17.8 Å². The maximum atomic E-state index is 11.2. The van der Waals surface area contributed by atoms with E-state index in [1.165, 1.54) is 18.2 Å². The number of rotatable bonds is 3. The molecule has 0 aliphatic heterocycles. The molecule has 0 saturated carbocycles. The SMILES string of the molecule is NCC(=O)c1ccccc1S(=O)(=O)O. The second kappa shape index (κ2) is 3.87. The molecule has 3 N–H and O–H groups in total. The number of carbonyl (C=O) groups excluding carboxylic acids is 1. The van der Waals surface area contributed by atoms with Gasteiger partial charge < -0.3 is 5.73 Å². The Morgan fingerprint density at radius 2 is 1.93 bits per heavy atom. The van der Waals surface area contributed by atoms with Gasteiger partial charge in [-0.25, -0.2) is 0 Å². The normalized spacial score (nSPS) is 11.3. The van der Waals surface area contributed by atoms with Crippen LogP contribution < -0.4 is 5.73 Å². The third kappa shape index (κ3) is 2.16. The van der Waals surface area contributed by atoms with Gasteiger partial charge >= 0.3 is 0 Å². The van der Waals surface area contributed by atoms with E-state index in [1.807, 2.05) is 0 Å². The van der Waals surface area contributed by atoms with Crippen LogP contribution in [-0.2, 0) is 10.1 Å². The molecule has 0 amide bonds. The zero-order valence-corrected chi connectivity index (χ0v) is 7.99. The minimum atomic E-state index is -4.36. The average molecular weight is 215 g/mol. The number of Topliss-reactive ketones (excluding diaryl/α,β-unsaturated/α-hetero) is 1. The summed E-state index contributed by atoms with van der Waals surface area (Å²) in [5.41, 5.74) is 5.00. The van der Waals surface area contributed by atoms with Crippen molar-refractivity contribution in [2.24, 2.45) is 5.73 Å². The minimum absolute atomic E-state index is 0.0856. The fourth-order valence-corrected chi connectivity index (χ4v) is 1.74. The Morgan fingerprint density at radius 3 is 2.43 bits per heavy atom. The van der Waals surface area contributed by atoms with Crippen molar-refractivity contribution in [1.29, 1.82) is 0 Å². The summed E-state index contributed by atoms with van der Waals surface area (Å²) in [6.45, 7) is -0.299. The first kappa shape index (κ1) is 10.8. The summed E-state index contributed by atoms with van der Waals surface area (Å²) in [5.74, 6) is -0.529. The van der Waals surface area contributed by atoms with Crippen molar-refractivity contribution in [3.05, 3.63) is 29.8 Å². The van der Waals surface area contributed by atoms with Crippen LogP contribution in [0.25, 0.3) is 0 Å². The van der Waals surface area contributed by atoms with E-state index in [0.29, 0.717) is 0 Å². The van der Waals surface area contributed by atoms with Gasteiger partial charge in [-0.2, -0.15) is 8.42 Å². The number of nitrogens with two attached hydrogens (primary N) is 1. The molecule has 6 heteroatoms. The molecule has 0 spiro atoms. The minimum Gasteiger partial charge on any atom is -0.324 e. The number of hydrogen-bond acceptors (Lipinski definition) is 4. The van der Waals surface area contributed by atoms with Crippen LogP contribution in [0.4, 0.5) is 0 Å². The van der Waals surface area contributed by atoms with Gasteiger partial charge in [0.05, 0.1) is 6.54 Å². The summed E-state index contributed by atoms with van der Waals surface area (Å²) >= 11 is 0. The predicted molar refractivity (Wildman–Crippen MR) is 49.6 cm³/mol. The van der Waals surface area contributed by atoms with Gasteiger partial charge in [0.2, 0.25) is 0 Å². The van der Waals surface area contributed by atoms with Crippen LogP contribution in [0.3, 0.4) is 0 Å². The second-order valence-electron chi connectivity index (χ2n) is 2.60.